The Morgan fingerprint density at radius 3 is 2.71 bits per heavy atom. The summed E-state index contributed by atoms with van der Waals surface area (Å²) in [5, 5.41) is 0. The number of hydrogen-bond acceptors (Lipinski definition) is 3. The summed E-state index contributed by atoms with van der Waals surface area (Å²) in [6.45, 7) is 4.32. The van der Waals surface area contributed by atoms with Crippen LogP contribution in [0.1, 0.15) is 23.0 Å². The van der Waals surface area contributed by atoms with E-state index in [1.165, 1.54) is 0 Å². The number of carbonyl (C=O) groups excluding carboxylic acids is 1. The van der Waals surface area contributed by atoms with E-state index in [-0.39, 0.29) is 0 Å². The average molecular weight is 230 g/mol. The maximum Gasteiger partial charge on any atom is 0.153 e. The van der Waals surface area contributed by atoms with Gasteiger partial charge in [0.25, 0.3) is 0 Å². The van der Waals surface area contributed by atoms with Gasteiger partial charge < -0.3 is 9.15 Å². The van der Waals surface area contributed by atoms with E-state index in [9.17, 15) is 4.79 Å². The number of carbonyl (C=O) groups is 1. The molecule has 3 heteroatoms. The van der Waals surface area contributed by atoms with Crippen LogP contribution in [0.3, 0.4) is 0 Å². The molecule has 0 aliphatic rings. The minimum atomic E-state index is 0.540. The first-order valence-electron chi connectivity index (χ1n) is 5.53. The molecule has 0 fully saturated rings. The van der Waals surface area contributed by atoms with Crippen LogP contribution in [0.15, 0.2) is 34.7 Å². The van der Waals surface area contributed by atoms with Gasteiger partial charge in [-0.3, -0.25) is 4.79 Å². The Bertz CT molecular complexity index is 526. The lowest BCUT2D eigenvalue weighted by molar-refractivity contribution is 0.112. The SMILES string of the molecule is CCOc1ccc(-c2ccc(C)o2)cc1C=O. The van der Waals surface area contributed by atoms with Crippen molar-refractivity contribution in [3.05, 3.63) is 41.7 Å². The number of ether oxygens (including phenoxy) is 1. The van der Waals surface area contributed by atoms with Crippen LogP contribution in [0.4, 0.5) is 0 Å². The van der Waals surface area contributed by atoms with E-state index in [0.29, 0.717) is 17.9 Å². The Hall–Kier alpha value is -2.03. The van der Waals surface area contributed by atoms with Crippen molar-refractivity contribution >= 4 is 6.29 Å². The van der Waals surface area contributed by atoms with Crippen LogP contribution in [0, 0.1) is 6.92 Å². The van der Waals surface area contributed by atoms with E-state index >= 15 is 0 Å². The summed E-state index contributed by atoms with van der Waals surface area (Å²) in [5.74, 6) is 2.21. The van der Waals surface area contributed by atoms with Gasteiger partial charge >= 0.3 is 0 Å². The third-order valence-corrected chi connectivity index (χ3v) is 2.46. The summed E-state index contributed by atoms with van der Waals surface area (Å²) >= 11 is 0. The molecule has 0 amide bonds. The molecule has 2 aromatic rings. The lowest BCUT2D eigenvalue weighted by atomic mass is 10.1. The number of benzene rings is 1. The lowest BCUT2D eigenvalue weighted by Gasteiger charge is -2.07. The van der Waals surface area contributed by atoms with Gasteiger partial charge in [0.15, 0.2) is 6.29 Å². The molecule has 0 spiro atoms. The van der Waals surface area contributed by atoms with E-state index < -0.39 is 0 Å². The van der Waals surface area contributed by atoms with Crippen LogP contribution in [0.5, 0.6) is 5.75 Å². The molecule has 2 rings (SSSR count). The zero-order chi connectivity index (χ0) is 12.3. The fraction of sp³-hybridized carbons (Fsp3) is 0.214. The van der Waals surface area contributed by atoms with E-state index in [1.807, 2.05) is 32.0 Å². The fourth-order valence-electron chi connectivity index (χ4n) is 1.67. The number of hydrogen-bond donors (Lipinski definition) is 0. The zero-order valence-corrected chi connectivity index (χ0v) is 9.90. The fourth-order valence-corrected chi connectivity index (χ4v) is 1.67. The van der Waals surface area contributed by atoms with E-state index in [2.05, 4.69) is 0 Å². The standard InChI is InChI=1S/C14H14O3/c1-3-16-13-7-5-11(8-12(13)9-15)14-6-4-10(2)17-14/h4-9H,3H2,1-2H3. The van der Waals surface area contributed by atoms with Gasteiger partial charge in [-0.2, -0.15) is 0 Å². The molecular formula is C14H14O3. The molecule has 0 bridgehead atoms. The largest absolute Gasteiger partial charge is 0.493 e. The summed E-state index contributed by atoms with van der Waals surface area (Å²) in [6, 6.07) is 9.24. The van der Waals surface area contributed by atoms with Gasteiger partial charge in [-0.15, -0.1) is 0 Å². The molecule has 1 heterocycles. The van der Waals surface area contributed by atoms with Crippen molar-refractivity contribution in [1.82, 2.24) is 0 Å². The van der Waals surface area contributed by atoms with Gasteiger partial charge in [0.2, 0.25) is 0 Å². The van der Waals surface area contributed by atoms with E-state index in [4.69, 9.17) is 9.15 Å². The highest BCUT2D eigenvalue weighted by Gasteiger charge is 2.07. The molecule has 0 radical (unpaired) electrons. The Labute approximate surface area is 100 Å². The topological polar surface area (TPSA) is 39.4 Å². The van der Waals surface area contributed by atoms with Crippen molar-refractivity contribution in [3.63, 3.8) is 0 Å². The zero-order valence-electron chi connectivity index (χ0n) is 9.90. The van der Waals surface area contributed by atoms with Crippen molar-refractivity contribution in [2.75, 3.05) is 6.61 Å². The van der Waals surface area contributed by atoms with E-state index in [1.54, 1.807) is 12.1 Å². The van der Waals surface area contributed by atoms with Crippen molar-refractivity contribution in [2.45, 2.75) is 13.8 Å². The third-order valence-electron chi connectivity index (χ3n) is 2.46. The first-order chi connectivity index (χ1) is 8.24. The Morgan fingerprint density at radius 1 is 1.29 bits per heavy atom. The second kappa shape index (κ2) is 4.87. The maximum absolute atomic E-state index is 11.0. The van der Waals surface area contributed by atoms with Gasteiger partial charge in [0.05, 0.1) is 12.2 Å². The quantitative estimate of drug-likeness (QED) is 0.755. The Balaban J connectivity index is 2.40. The monoisotopic (exact) mass is 230 g/mol. The van der Waals surface area contributed by atoms with Gasteiger partial charge in [0, 0.05) is 5.56 Å². The summed E-state index contributed by atoms with van der Waals surface area (Å²) in [4.78, 5) is 11.0. The smallest absolute Gasteiger partial charge is 0.153 e. The minimum Gasteiger partial charge on any atom is -0.493 e. The third kappa shape index (κ3) is 2.38. The molecule has 88 valence electrons. The number of aryl methyl sites for hydroxylation is 1. The molecule has 0 saturated heterocycles. The van der Waals surface area contributed by atoms with Crippen LogP contribution in [-0.4, -0.2) is 12.9 Å². The molecule has 0 aliphatic heterocycles. The molecule has 1 aromatic carbocycles. The van der Waals surface area contributed by atoms with E-state index in [0.717, 1.165) is 23.4 Å². The molecule has 0 atom stereocenters. The summed E-state index contributed by atoms with van der Waals surface area (Å²) < 4.78 is 10.9. The highest BCUT2D eigenvalue weighted by Crippen LogP contribution is 2.27. The molecule has 17 heavy (non-hydrogen) atoms. The average Bonchev–Trinajstić information content (AvgIpc) is 2.77. The first kappa shape index (κ1) is 11.5. The van der Waals surface area contributed by atoms with Crippen LogP contribution < -0.4 is 4.74 Å². The summed E-state index contributed by atoms with van der Waals surface area (Å²) in [6.07, 6.45) is 0.796. The van der Waals surface area contributed by atoms with Crippen LogP contribution in [0.25, 0.3) is 11.3 Å². The predicted octanol–water partition coefficient (Wildman–Crippen LogP) is 3.47. The Morgan fingerprint density at radius 2 is 2.12 bits per heavy atom. The van der Waals surface area contributed by atoms with Crippen molar-refractivity contribution in [3.8, 4) is 17.1 Å². The van der Waals surface area contributed by atoms with Gasteiger partial charge in [-0.25, -0.2) is 0 Å². The first-order valence-corrected chi connectivity index (χ1v) is 5.53. The highest BCUT2D eigenvalue weighted by atomic mass is 16.5. The summed E-state index contributed by atoms with van der Waals surface area (Å²) in [7, 11) is 0. The molecule has 3 nitrogen and oxygen atoms in total. The lowest BCUT2D eigenvalue weighted by Crippen LogP contribution is -1.96. The highest BCUT2D eigenvalue weighted by molar-refractivity contribution is 5.82. The Kier molecular flexibility index (Phi) is 3.28. The van der Waals surface area contributed by atoms with Gasteiger partial charge in [0.1, 0.15) is 17.3 Å². The van der Waals surface area contributed by atoms with Gasteiger partial charge in [-0.05, 0) is 44.2 Å². The van der Waals surface area contributed by atoms with Crippen molar-refractivity contribution in [1.29, 1.82) is 0 Å². The minimum absolute atomic E-state index is 0.540. The molecule has 0 saturated carbocycles. The maximum atomic E-state index is 11.0. The molecule has 1 aromatic heterocycles. The molecule has 0 N–H and O–H groups in total. The number of rotatable bonds is 4. The van der Waals surface area contributed by atoms with Crippen LogP contribution >= 0.6 is 0 Å². The second-order valence-corrected chi connectivity index (χ2v) is 3.71. The second-order valence-electron chi connectivity index (χ2n) is 3.71. The molecule has 0 unspecified atom stereocenters. The predicted molar refractivity (Wildman–Crippen MR) is 65.4 cm³/mol. The number of furan rings is 1. The van der Waals surface area contributed by atoms with Crippen LogP contribution in [0.2, 0.25) is 0 Å². The molecule has 0 aliphatic carbocycles. The number of aldehydes is 1. The van der Waals surface area contributed by atoms with Crippen molar-refractivity contribution < 1.29 is 13.9 Å². The van der Waals surface area contributed by atoms with Crippen LogP contribution in [-0.2, 0) is 0 Å². The normalized spacial score (nSPS) is 10.2. The summed E-state index contributed by atoms with van der Waals surface area (Å²) in [5.41, 5.74) is 1.42. The van der Waals surface area contributed by atoms with Gasteiger partial charge in [-0.1, -0.05) is 0 Å². The molecular weight excluding hydrogens is 216 g/mol. The van der Waals surface area contributed by atoms with Crippen molar-refractivity contribution in [2.24, 2.45) is 0 Å².